The zero-order valence-corrected chi connectivity index (χ0v) is 10.0. The van der Waals surface area contributed by atoms with Crippen LogP contribution in [-0.4, -0.2) is 14.9 Å². The number of rotatable bonds is 1. The fourth-order valence-electron chi connectivity index (χ4n) is 1.89. The molecule has 0 atom stereocenters. The highest BCUT2D eigenvalue weighted by Crippen LogP contribution is 2.28. The lowest BCUT2D eigenvalue weighted by molar-refractivity contribution is 0.474. The molecular formula is C11H10BrN3O. The van der Waals surface area contributed by atoms with Crippen LogP contribution in [0.4, 0.5) is 0 Å². The van der Waals surface area contributed by atoms with Crippen LogP contribution in [0.15, 0.2) is 28.9 Å². The summed E-state index contributed by atoms with van der Waals surface area (Å²) in [5.74, 6) is 0.248. The fourth-order valence-corrected chi connectivity index (χ4v) is 2.54. The topological polar surface area (TPSA) is 50.1 Å². The maximum atomic E-state index is 9.44. The van der Waals surface area contributed by atoms with E-state index in [1.807, 2.05) is 16.8 Å². The highest BCUT2D eigenvalue weighted by Gasteiger charge is 2.20. The largest absolute Gasteiger partial charge is 0.508 e. The zero-order valence-electron chi connectivity index (χ0n) is 8.44. The molecule has 2 heterocycles. The maximum Gasteiger partial charge on any atom is 0.117 e. The number of nitrogens with one attached hydrogen (secondary N) is 1. The second kappa shape index (κ2) is 3.61. The van der Waals surface area contributed by atoms with E-state index in [-0.39, 0.29) is 5.75 Å². The van der Waals surface area contributed by atoms with Crippen LogP contribution in [-0.2, 0) is 13.1 Å². The Balaban J connectivity index is 2.14. The highest BCUT2D eigenvalue weighted by atomic mass is 79.9. The molecule has 1 aliphatic heterocycles. The average Bonchev–Trinajstić information content (AvgIpc) is 2.82. The molecule has 4 nitrogen and oxygen atoms in total. The lowest BCUT2D eigenvalue weighted by atomic mass is 10.3. The van der Waals surface area contributed by atoms with Crippen molar-refractivity contribution in [2.75, 3.05) is 0 Å². The Morgan fingerprint density at radius 3 is 3.00 bits per heavy atom. The van der Waals surface area contributed by atoms with Crippen LogP contribution in [0.25, 0.3) is 5.69 Å². The predicted molar refractivity (Wildman–Crippen MR) is 63.5 cm³/mol. The Labute approximate surface area is 101 Å². The van der Waals surface area contributed by atoms with Gasteiger partial charge in [0.15, 0.2) is 0 Å². The molecule has 0 aliphatic carbocycles. The number of fused-ring (bicyclic) bond motifs is 1. The first-order chi connectivity index (χ1) is 7.75. The van der Waals surface area contributed by atoms with Crippen LogP contribution in [0.2, 0.25) is 0 Å². The van der Waals surface area contributed by atoms with Gasteiger partial charge in [-0.2, -0.15) is 5.10 Å². The molecule has 0 spiro atoms. The molecule has 1 aromatic carbocycles. The SMILES string of the molecule is Oc1cccc(-n2nc3c(c2Br)CNC3)c1. The van der Waals surface area contributed by atoms with Crippen LogP contribution in [0.5, 0.6) is 5.75 Å². The average molecular weight is 280 g/mol. The van der Waals surface area contributed by atoms with E-state index in [1.165, 1.54) is 5.56 Å². The van der Waals surface area contributed by atoms with Crippen molar-refractivity contribution in [2.45, 2.75) is 13.1 Å². The van der Waals surface area contributed by atoms with Gasteiger partial charge in [0.05, 0.1) is 11.4 Å². The predicted octanol–water partition coefficient (Wildman–Crippen LogP) is 1.94. The summed E-state index contributed by atoms with van der Waals surface area (Å²) in [6.07, 6.45) is 0. The van der Waals surface area contributed by atoms with Gasteiger partial charge in [-0.3, -0.25) is 0 Å². The summed E-state index contributed by atoms with van der Waals surface area (Å²) in [7, 11) is 0. The number of aromatic nitrogens is 2. The molecule has 0 fully saturated rings. The Hall–Kier alpha value is -1.33. The van der Waals surface area contributed by atoms with Crippen molar-refractivity contribution in [3.05, 3.63) is 40.1 Å². The summed E-state index contributed by atoms with van der Waals surface area (Å²) in [6.45, 7) is 1.65. The lowest BCUT2D eigenvalue weighted by Crippen LogP contribution is -2.06. The van der Waals surface area contributed by atoms with Gasteiger partial charge in [-0.15, -0.1) is 0 Å². The first-order valence-electron chi connectivity index (χ1n) is 5.02. The zero-order chi connectivity index (χ0) is 11.1. The molecule has 82 valence electrons. The van der Waals surface area contributed by atoms with Crippen LogP contribution < -0.4 is 5.32 Å². The molecule has 3 rings (SSSR count). The van der Waals surface area contributed by atoms with Crippen molar-refractivity contribution >= 4 is 15.9 Å². The number of halogens is 1. The third-order valence-corrected chi connectivity index (χ3v) is 3.49. The Morgan fingerprint density at radius 1 is 1.38 bits per heavy atom. The van der Waals surface area contributed by atoms with Gasteiger partial charge in [0.25, 0.3) is 0 Å². The monoisotopic (exact) mass is 279 g/mol. The molecule has 16 heavy (non-hydrogen) atoms. The fraction of sp³-hybridized carbons (Fsp3) is 0.182. The van der Waals surface area contributed by atoms with Crippen molar-refractivity contribution in [3.63, 3.8) is 0 Å². The van der Waals surface area contributed by atoms with Gasteiger partial charge in [-0.1, -0.05) is 6.07 Å². The molecular weight excluding hydrogens is 270 g/mol. The Bertz CT molecular complexity index is 550. The second-order valence-corrected chi connectivity index (χ2v) is 4.50. The van der Waals surface area contributed by atoms with Gasteiger partial charge in [-0.25, -0.2) is 4.68 Å². The Morgan fingerprint density at radius 2 is 2.25 bits per heavy atom. The number of phenolic OH excluding ortho intramolecular Hbond substituents is 1. The lowest BCUT2D eigenvalue weighted by Gasteiger charge is -2.04. The van der Waals surface area contributed by atoms with Crippen LogP contribution in [0.3, 0.4) is 0 Å². The second-order valence-electron chi connectivity index (χ2n) is 3.75. The number of nitrogens with zero attached hydrogens (tertiary/aromatic N) is 2. The van der Waals surface area contributed by atoms with Gasteiger partial charge in [-0.05, 0) is 28.1 Å². The number of hydrogen-bond donors (Lipinski definition) is 2. The quantitative estimate of drug-likeness (QED) is 0.839. The van der Waals surface area contributed by atoms with Crippen molar-refractivity contribution in [1.82, 2.24) is 15.1 Å². The third-order valence-electron chi connectivity index (χ3n) is 2.67. The summed E-state index contributed by atoms with van der Waals surface area (Å²) in [4.78, 5) is 0. The molecule has 5 heteroatoms. The first kappa shape index (κ1) is 9.86. The maximum absolute atomic E-state index is 9.44. The summed E-state index contributed by atoms with van der Waals surface area (Å²) < 4.78 is 2.77. The minimum absolute atomic E-state index is 0.248. The molecule has 0 bridgehead atoms. The third kappa shape index (κ3) is 1.44. The number of phenols is 1. The van der Waals surface area contributed by atoms with E-state index in [4.69, 9.17) is 0 Å². The van der Waals surface area contributed by atoms with E-state index >= 15 is 0 Å². The van der Waals surface area contributed by atoms with E-state index in [9.17, 15) is 5.11 Å². The Kier molecular flexibility index (Phi) is 2.22. The highest BCUT2D eigenvalue weighted by molar-refractivity contribution is 9.10. The van der Waals surface area contributed by atoms with Crippen molar-refractivity contribution in [1.29, 1.82) is 0 Å². The standard InChI is InChI=1S/C11H10BrN3O/c12-11-9-5-13-6-10(9)14-15(11)7-2-1-3-8(16)4-7/h1-4,13,16H,5-6H2. The number of hydrogen-bond acceptors (Lipinski definition) is 3. The van der Waals surface area contributed by atoms with Gasteiger partial charge < -0.3 is 10.4 Å². The normalized spacial score (nSPS) is 14.1. The van der Waals surface area contributed by atoms with Gasteiger partial charge >= 0.3 is 0 Å². The summed E-state index contributed by atoms with van der Waals surface area (Å²) >= 11 is 3.54. The minimum atomic E-state index is 0.248. The van der Waals surface area contributed by atoms with Crippen molar-refractivity contribution in [3.8, 4) is 11.4 Å². The molecule has 1 aromatic heterocycles. The summed E-state index contributed by atoms with van der Waals surface area (Å²) in [5.41, 5.74) is 3.12. The van der Waals surface area contributed by atoms with E-state index in [1.54, 1.807) is 12.1 Å². The van der Waals surface area contributed by atoms with Gasteiger partial charge in [0.1, 0.15) is 10.4 Å². The molecule has 1 aliphatic rings. The molecule has 0 radical (unpaired) electrons. The molecule has 0 saturated carbocycles. The summed E-state index contributed by atoms with van der Waals surface area (Å²) in [6, 6.07) is 7.07. The van der Waals surface area contributed by atoms with E-state index < -0.39 is 0 Å². The smallest absolute Gasteiger partial charge is 0.117 e. The van der Waals surface area contributed by atoms with E-state index in [0.29, 0.717) is 0 Å². The van der Waals surface area contributed by atoms with Gasteiger partial charge in [0, 0.05) is 24.7 Å². The summed E-state index contributed by atoms with van der Waals surface area (Å²) in [5, 5.41) is 17.2. The molecule has 0 unspecified atom stereocenters. The first-order valence-corrected chi connectivity index (χ1v) is 5.81. The van der Waals surface area contributed by atoms with Crippen LogP contribution >= 0.6 is 15.9 Å². The van der Waals surface area contributed by atoms with E-state index in [2.05, 4.69) is 26.3 Å². The number of benzene rings is 1. The molecule has 2 N–H and O–H groups in total. The van der Waals surface area contributed by atoms with Crippen LogP contribution in [0, 0.1) is 0 Å². The van der Waals surface area contributed by atoms with Crippen molar-refractivity contribution < 1.29 is 5.11 Å². The minimum Gasteiger partial charge on any atom is -0.508 e. The van der Waals surface area contributed by atoms with E-state index in [0.717, 1.165) is 29.1 Å². The molecule has 0 amide bonds. The van der Waals surface area contributed by atoms with Crippen molar-refractivity contribution in [2.24, 2.45) is 0 Å². The number of aromatic hydroxyl groups is 1. The van der Waals surface area contributed by atoms with Crippen LogP contribution in [0.1, 0.15) is 11.3 Å². The molecule has 2 aromatic rings. The molecule has 0 saturated heterocycles. The van der Waals surface area contributed by atoms with Gasteiger partial charge in [0.2, 0.25) is 0 Å².